The number of ether oxygens (including phenoxy) is 1. The molecule has 110 valence electrons. The van der Waals surface area contributed by atoms with Crippen LogP contribution in [0.4, 0.5) is 17.8 Å². The number of nitrogens with zero attached hydrogens (tertiary/aromatic N) is 4. The third kappa shape index (κ3) is 3.07. The van der Waals surface area contributed by atoms with Crippen LogP contribution in [0, 0.1) is 5.92 Å². The SMILES string of the molecule is NNc1nc(NCC2CCC2)nc(N2CCOCC2)n1. The number of hydrazine groups is 1. The van der Waals surface area contributed by atoms with Crippen LogP contribution in [0.2, 0.25) is 0 Å². The van der Waals surface area contributed by atoms with E-state index in [0.717, 1.165) is 25.6 Å². The lowest BCUT2D eigenvalue weighted by Gasteiger charge is -2.28. The number of hydrogen-bond donors (Lipinski definition) is 3. The van der Waals surface area contributed by atoms with Crippen molar-refractivity contribution in [1.82, 2.24) is 15.0 Å². The average molecular weight is 279 g/mol. The predicted molar refractivity (Wildman–Crippen MR) is 76.5 cm³/mol. The molecular weight excluding hydrogens is 258 g/mol. The molecule has 2 fully saturated rings. The molecule has 0 spiro atoms. The second-order valence-corrected chi connectivity index (χ2v) is 5.20. The van der Waals surface area contributed by atoms with Gasteiger partial charge in [0.1, 0.15) is 0 Å². The maximum absolute atomic E-state index is 5.44. The van der Waals surface area contributed by atoms with Crippen LogP contribution >= 0.6 is 0 Å². The molecule has 1 aliphatic heterocycles. The highest BCUT2D eigenvalue weighted by molar-refractivity contribution is 5.43. The molecule has 0 amide bonds. The molecule has 0 unspecified atom stereocenters. The van der Waals surface area contributed by atoms with Gasteiger partial charge in [-0.1, -0.05) is 6.42 Å². The molecule has 4 N–H and O–H groups in total. The summed E-state index contributed by atoms with van der Waals surface area (Å²) in [6, 6.07) is 0. The Balaban J connectivity index is 1.71. The number of nitrogens with one attached hydrogen (secondary N) is 2. The summed E-state index contributed by atoms with van der Waals surface area (Å²) < 4.78 is 5.34. The van der Waals surface area contributed by atoms with E-state index < -0.39 is 0 Å². The zero-order chi connectivity index (χ0) is 13.8. The highest BCUT2D eigenvalue weighted by atomic mass is 16.5. The van der Waals surface area contributed by atoms with E-state index in [1.54, 1.807) is 0 Å². The second-order valence-electron chi connectivity index (χ2n) is 5.20. The van der Waals surface area contributed by atoms with Gasteiger partial charge in [0.15, 0.2) is 0 Å². The third-order valence-corrected chi connectivity index (χ3v) is 3.82. The van der Waals surface area contributed by atoms with Crippen LogP contribution in [0.1, 0.15) is 19.3 Å². The number of morpholine rings is 1. The lowest BCUT2D eigenvalue weighted by atomic mass is 9.85. The fraction of sp³-hybridized carbons (Fsp3) is 0.750. The standard InChI is InChI=1S/C12H21N7O/c13-18-11-15-10(14-8-9-2-1-3-9)16-12(17-11)19-4-6-20-7-5-19/h9H,1-8,13H2,(H2,14,15,16,17,18). The maximum Gasteiger partial charge on any atom is 0.243 e. The molecule has 1 aliphatic carbocycles. The number of nitrogen functional groups attached to an aromatic ring is 1. The Labute approximate surface area is 118 Å². The molecule has 1 aromatic rings. The molecule has 0 atom stereocenters. The Morgan fingerprint density at radius 3 is 2.55 bits per heavy atom. The van der Waals surface area contributed by atoms with Gasteiger partial charge in [-0.15, -0.1) is 0 Å². The Morgan fingerprint density at radius 1 is 1.15 bits per heavy atom. The van der Waals surface area contributed by atoms with Gasteiger partial charge in [-0.25, -0.2) is 5.84 Å². The van der Waals surface area contributed by atoms with Crippen molar-refractivity contribution in [1.29, 1.82) is 0 Å². The summed E-state index contributed by atoms with van der Waals surface area (Å²) in [6.45, 7) is 3.88. The molecule has 0 aromatic carbocycles. The molecule has 8 nitrogen and oxygen atoms in total. The Morgan fingerprint density at radius 2 is 1.90 bits per heavy atom. The minimum atomic E-state index is 0.387. The van der Waals surface area contributed by atoms with E-state index in [4.69, 9.17) is 10.6 Å². The quantitative estimate of drug-likeness (QED) is 0.519. The first-order valence-electron chi connectivity index (χ1n) is 7.14. The highest BCUT2D eigenvalue weighted by Crippen LogP contribution is 2.26. The van der Waals surface area contributed by atoms with Crippen LogP contribution in [-0.4, -0.2) is 47.8 Å². The minimum Gasteiger partial charge on any atom is -0.378 e. The lowest BCUT2D eigenvalue weighted by molar-refractivity contribution is 0.122. The van der Waals surface area contributed by atoms with Gasteiger partial charge < -0.3 is 15.0 Å². The van der Waals surface area contributed by atoms with Crippen LogP contribution in [-0.2, 0) is 4.74 Å². The van der Waals surface area contributed by atoms with Crippen LogP contribution in [0.25, 0.3) is 0 Å². The van der Waals surface area contributed by atoms with Gasteiger partial charge >= 0.3 is 0 Å². The molecule has 1 aromatic heterocycles. The van der Waals surface area contributed by atoms with Gasteiger partial charge in [0, 0.05) is 19.6 Å². The zero-order valence-corrected chi connectivity index (χ0v) is 11.5. The molecule has 1 saturated carbocycles. The van der Waals surface area contributed by atoms with Crippen LogP contribution in [0.15, 0.2) is 0 Å². The van der Waals surface area contributed by atoms with Crippen molar-refractivity contribution in [2.24, 2.45) is 11.8 Å². The first-order valence-corrected chi connectivity index (χ1v) is 7.14. The van der Waals surface area contributed by atoms with Gasteiger partial charge in [-0.3, -0.25) is 5.43 Å². The van der Waals surface area contributed by atoms with E-state index in [0.29, 0.717) is 31.1 Å². The summed E-state index contributed by atoms with van der Waals surface area (Å²) >= 11 is 0. The Hall–Kier alpha value is -1.67. The average Bonchev–Trinajstić information content (AvgIpc) is 2.46. The summed E-state index contributed by atoms with van der Waals surface area (Å²) in [5, 5.41) is 3.29. The Bertz CT molecular complexity index is 445. The topological polar surface area (TPSA) is 101 Å². The largest absolute Gasteiger partial charge is 0.378 e. The molecule has 20 heavy (non-hydrogen) atoms. The second kappa shape index (κ2) is 6.19. The van der Waals surface area contributed by atoms with Gasteiger partial charge in [0.25, 0.3) is 0 Å². The van der Waals surface area contributed by atoms with Crippen molar-refractivity contribution >= 4 is 17.8 Å². The predicted octanol–water partition coefficient (Wildman–Crippen LogP) is 0.206. The molecule has 0 radical (unpaired) electrons. The van der Waals surface area contributed by atoms with Crippen LogP contribution < -0.4 is 21.5 Å². The van der Waals surface area contributed by atoms with E-state index in [-0.39, 0.29) is 0 Å². The van der Waals surface area contributed by atoms with Crippen molar-refractivity contribution in [2.75, 3.05) is 48.5 Å². The summed E-state index contributed by atoms with van der Waals surface area (Å²) in [5.74, 6) is 7.80. The number of aromatic nitrogens is 3. The summed E-state index contributed by atoms with van der Waals surface area (Å²) in [5.41, 5.74) is 2.50. The zero-order valence-electron chi connectivity index (χ0n) is 11.5. The smallest absolute Gasteiger partial charge is 0.243 e. The number of hydrogen-bond acceptors (Lipinski definition) is 8. The van der Waals surface area contributed by atoms with E-state index >= 15 is 0 Å². The van der Waals surface area contributed by atoms with Crippen molar-refractivity contribution in [3.63, 3.8) is 0 Å². The Kier molecular flexibility index (Phi) is 4.12. The molecule has 3 rings (SSSR count). The lowest BCUT2D eigenvalue weighted by Crippen LogP contribution is -2.37. The number of anilines is 3. The molecule has 0 bridgehead atoms. The van der Waals surface area contributed by atoms with Gasteiger partial charge in [0.05, 0.1) is 13.2 Å². The van der Waals surface area contributed by atoms with E-state index in [9.17, 15) is 0 Å². The van der Waals surface area contributed by atoms with E-state index in [2.05, 4.69) is 30.6 Å². The van der Waals surface area contributed by atoms with Crippen molar-refractivity contribution < 1.29 is 4.74 Å². The van der Waals surface area contributed by atoms with Crippen molar-refractivity contribution in [3.8, 4) is 0 Å². The van der Waals surface area contributed by atoms with E-state index in [1.807, 2.05) is 0 Å². The minimum absolute atomic E-state index is 0.387. The van der Waals surface area contributed by atoms with E-state index in [1.165, 1.54) is 19.3 Å². The maximum atomic E-state index is 5.44. The number of nitrogens with two attached hydrogens (primary N) is 1. The summed E-state index contributed by atoms with van der Waals surface area (Å²) in [4.78, 5) is 15.1. The number of rotatable bonds is 5. The first-order chi connectivity index (χ1) is 9.85. The summed E-state index contributed by atoms with van der Waals surface area (Å²) in [6.07, 6.45) is 3.91. The van der Waals surface area contributed by atoms with Gasteiger partial charge in [-0.2, -0.15) is 15.0 Å². The molecular formula is C12H21N7O. The normalized spacial score (nSPS) is 19.6. The molecule has 2 aliphatic rings. The fourth-order valence-corrected chi connectivity index (χ4v) is 2.35. The van der Waals surface area contributed by atoms with Gasteiger partial charge in [0.2, 0.25) is 17.8 Å². The van der Waals surface area contributed by atoms with Crippen LogP contribution in [0.3, 0.4) is 0 Å². The highest BCUT2D eigenvalue weighted by Gasteiger charge is 2.19. The summed E-state index contributed by atoms with van der Waals surface area (Å²) in [7, 11) is 0. The molecule has 1 saturated heterocycles. The van der Waals surface area contributed by atoms with Crippen molar-refractivity contribution in [2.45, 2.75) is 19.3 Å². The first kappa shape index (κ1) is 13.3. The monoisotopic (exact) mass is 279 g/mol. The molecule has 8 heteroatoms. The van der Waals surface area contributed by atoms with Gasteiger partial charge in [-0.05, 0) is 18.8 Å². The fourth-order valence-electron chi connectivity index (χ4n) is 2.35. The van der Waals surface area contributed by atoms with Crippen molar-refractivity contribution in [3.05, 3.63) is 0 Å². The molecule has 2 heterocycles. The third-order valence-electron chi connectivity index (χ3n) is 3.82. The van der Waals surface area contributed by atoms with Crippen LogP contribution in [0.5, 0.6) is 0 Å².